The molecule has 0 aliphatic carbocycles. The molecule has 2 aromatic heterocycles. The minimum atomic E-state index is -0.258. The van der Waals surface area contributed by atoms with E-state index >= 15 is 0 Å². The number of aromatic nitrogens is 2. The zero-order valence-corrected chi connectivity index (χ0v) is 12.9. The molecule has 0 aromatic carbocycles. The Kier molecular flexibility index (Phi) is 5.20. The highest BCUT2D eigenvalue weighted by Gasteiger charge is 2.19. The number of hydrogen-bond acceptors (Lipinski definition) is 4. The van der Waals surface area contributed by atoms with Gasteiger partial charge in [-0.1, -0.05) is 6.92 Å². The highest BCUT2D eigenvalue weighted by molar-refractivity contribution is 7.11. The van der Waals surface area contributed by atoms with Crippen molar-refractivity contribution in [2.45, 2.75) is 39.7 Å². The Balaban J connectivity index is 2.21. The van der Waals surface area contributed by atoms with Crippen LogP contribution in [0.5, 0.6) is 0 Å². The maximum Gasteiger partial charge on any atom is 0.146 e. The largest absolute Gasteiger partial charge is 0.308 e. The SMILES string of the molecule is CCCNC(Cc1nc(C)c(C)s1)c1ncccc1F. The average Bonchev–Trinajstić information content (AvgIpc) is 2.74. The van der Waals surface area contributed by atoms with E-state index in [4.69, 9.17) is 0 Å². The average molecular weight is 293 g/mol. The fourth-order valence-corrected chi connectivity index (χ4v) is 3.02. The number of thiazole rings is 1. The van der Waals surface area contributed by atoms with E-state index in [2.05, 4.69) is 29.1 Å². The van der Waals surface area contributed by atoms with Crippen LogP contribution in [0.3, 0.4) is 0 Å². The first-order valence-electron chi connectivity index (χ1n) is 6.88. The van der Waals surface area contributed by atoms with Gasteiger partial charge >= 0.3 is 0 Å². The van der Waals surface area contributed by atoms with Gasteiger partial charge in [0, 0.05) is 17.5 Å². The number of aryl methyl sites for hydroxylation is 2. The van der Waals surface area contributed by atoms with Gasteiger partial charge in [0.15, 0.2) is 0 Å². The van der Waals surface area contributed by atoms with E-state index < -0.39 is 0 Å². The monoisotopic (exact) mass is 293 g/mol. The molecule has 1 N–H and O–H groups in total. The van der Waals surface area contributed by atoms with Crippen molar-refractivity contribution < 1.29 is 4.39 Å². The summed E-state index contributed by atoms with van der Waals surface area (Å²) in [5.41, 5.74) is 1.53. The summed E-state index contributed by atoms with van der Waals surface area (Å²) in [6.07, 6.45) is 3.31. The summed E-state index contributed by atoms with van der Waals surface area (Å²) in [4.78, 5) is 9.96. The summed E-state index contributed by atoms with van der Waals surface area (Å²) in [6, 6.07) is 2.95. The van der Waals surface area contributed by atoms with Crippen molar-refractivity contribution >= 4 is 11.3 Å². The van der Waals surface area contributed by atoms with Crippen LogP contribution in [0.25, 0.3) is 0 Å². The van der Waals surface area contributed by atoms with Crippen LogP contribution >= 0.6 is 11.3 Å². The van der Waals surface area contributed by atoms with Crippen LogP contribution in [0.15, 0.2) is 18.3 Å². The quantitative estimate of drug-likeness (QED) is 0.884. The third-order valence-corrected chi connectivity index (χ3v) is 4.30. The molecule has 2 aromatic rings. The van der Waals surface area contributed by atoms with Crippen molar-refractivity contribution in [3.63, 3.8) is 0 Å². The molecule has 0 radical (unpaired) electrons. The Hall–Kier alpha value is -1.33. The van der Waals surface area contributed by atoms with Crippen LogP contribution in [0.1, 0.15) is 40.7 Å². The Morgan fingerprint density at radius 3 is 2.80 bits per heavy atom. The van der Waals surface area contributed by atoms with Crippen molar-refractivity contribution in [3.8, 4) is 0 Å². The Morgan fingerprint density at radius 2 is 2.20 bits per heavy atom. The minimum absolute atomic E-state index is 0.124. The van der Waals surface area contributed by atoms with E-state index in [-0.39, 0.29) is 11.9 Å². The maximum absolute atomic E-state index is 13.9. The smallest absolute Gasteiger partial charge is 0.146 e. The minimum Gasteiger partial charge on any atom is -0.308 e. The van der Waals surface area contributed by atoms with Crippen LogP contribution in [-0.2, 0) is 6.42 Å². The van der Waals surface area contributed by atoms with Crippen LogP contribution in [0.2, 0.25) is 0 Å². The molecule has 0 aliphatic rings. The van der Waals surface area contributed by atoms with Crippen LogP contribution in [0.4, 0.5) is 4.39 Å². The molecule has 0 fully saturated rings. The van der Waals surface area contributed by atoms with Gasteiger partial charge in [-0.15, -0.1) is 11.3 Å². The molecule has 20 heavy (non-hydrogen) atoms. The maximum atomic E-state index is 13.9. The number of nitrogens with zero attached hydrogens (tertiary/aromatic N) is 2. The number of halogens is 1. The molecule has 0 saturated carbocycles. The molecule has 0 spiro atoms. The van der Waals surface area contributed by atoms with Gasteiger partial charge in [-0.2, -0.15) is 0 Å². The molecule has 5 heteroatoms. The lowest BCUT2D eigenvalue weighted by Crippen LogP contribution is -2.26. The summed E-state index contributed by atoms with van der Waals surface area (Å²) in [5, 5.41) is 4.39. The third-order valence-electron chi connectivity index (χ3n) is 3.21. The summed E-state index contributed by atoms with van der Waals surface area (Å²) >= 11 is 1.68. The topological polar surface area (TPSA) is 37.8 Å². The van der Waals surface area contributed by atoms with Gasteiger partial charge in [0.1, 0.15) is 5.82 Å². The normalized spacial score (nSPS) is 12.6. The van der Waals surface area contributed by atoms with Crippen molar-refractivity contribution in [1.29, 1.82) is 0 Å². The second-order valence-electron chi connectivity index (χ2n) is 4.83. The number of nitrogens with one attached hydrogen (secondary N) is 1. The molecule has 1 unspecified atom stereocenters. The van der Waals surface area contributed by atoms with E-state index in [1.165, 1.54) is 10.9 Å². The zero-order valence-electron chi connectivity index (χ0n) is 12.1. The molecule has 1 atom stereocenters. The molecular weight excluding hydrogens is 273 g/mol. The molecular formula is C15H20FN3S. The fraction of sp³-hybridized carbons (Fsp3) is 0.467. The van der Waals surface area contributed by atoms with Gasteiger partial charge in [0.05, 0.1) is 22.4 Å². The van der Waals surface area contributed by atoms with Gasteiger partial charge < -0.3 is 5.32 Å². The van der Waals surface area contributed by atoms with Gasteiger partial charge in [-0.05, 0) is 38.9 Å². The summed E-state index contributed by atoms with van der Waals surface area (Å²) in [7, 11) is 0. The molecule has 0 amide bonds. The Morgan fingerprint density at radius 1 is 1.40 bits per heavy atom. The highest BCUT2D eigenvalue weighted by Crippen LogP contribution is 2.24. The third kappa shape index (κ3) is 3.61. The molecule has 0 bridgehead atoms. The molecule has 2 rings (SSSR count). The number of pyridine rings is 1. The van der Waals surface area contributed by atoms with E-state index in [0.29, 0.717) is 12.1 Å². The lowest BCUT2D eigenvalue weighted by Gasteiger charge is -2.17. The van der Waals surface area contributed by atoms with Crippen molar-refractivity contribution in [2.24, 2.45) is 0 Å². The van der Waals surface area contributed by atoms with E-state index in [1.54, 1.807) is 23.6 Å². The molecule has 2 heterocycles. The predicted molar refractivity (Wildman–Crippen MR) is 80.5 cm³/mol. The van der Waals surface area contributed by atoms with Crippen LogP contribution in [-0.4, -0.2) is 16.5 Å². The highest BCUT2D eigenvalue weighted by atomic mass is 32.1. The van der Waals surface area contributed by atoms with Crippen molar-refractivity contribution in [1.82, 2.24) is 15.3 Å². The lowest BCUT2D eigenvalue weighted by atomic mass is 10.1. The van der Waals surface area contributed by atoms with Gasteiger partial charge in [-0.25, -0.2) is 9.37 Å². The van der Waals surface area contributed by atoms with Crippen LogP contribution in [0, 0.1) is 19.7 Å². The number of rotatable bonds is 6. The second-order valence-corrected chi connectivity index (χ2v) is 6.12. The van der Waals surface area contributed by atoms with Crippen LogP contribution < -0.4 is 5.32 Å². The first-order chi connectivity index (χ1) is 9.61. The van der Waals surface area contributed by atoms with Crippen molar-refractivity contribution in [3.05, 3.63) is 45.4 Å². The molecule has 0 saturated heterocycles. The number of hydrogen-bond donors (Lipinski definition) is 1. The van der Waals surface area contributed by atoms with Crippen molar-refractivity contribution in [2.75, 3.05) is 6.54 Å². The first kappa shape index (κ1) is 15.1. The van der Waals surface area contributed by atoms with E-state index in [1.807, 2.05) is 6.92 Å². The van der Waals surface area contributed by atoms with E-state index in [0.717, 1.165) is 23.7 Å². The Bertz CT molecular complexity index is 548. The Labute approximate surface area is 123 Å². The predicted octanol–water partition coefficient (Wildman–Crippen LogP) is 3.58. The van der Waals surface area contributed by atoms with Gasteiger partial charge in [0.25, 0.3) is 0 Å². The lowest BCUT2D eigenvalue weighted by molar-refractivity contribution is 0.482. The first-order valence-corrected chi connectivity index (χ1v) is 7.70. The zero-order chi connectivity index (χ0) is 14.5. The fourth-order valence-electron chi connectivity index (χ4n) is 2.04. The summed E-state index contributed by atoms with van der Waals surface area (Å²) in [5.74, 6) is -0.258. The molecule has 0 aliphatic heterocycles. The van der Waals surface area contributed by atoms with Gasteiger partial charge in [0.2, 0.25) is 0 Å². The standard InChI is InChI=1S/C15H20FN3S/c1-4-7-17-13(15-12(16)6-5-8-18-15)9-14-19-10(2)11(3)20-14/h5-6,8,13,17H,4,7,9H2,1-3H3. The van der Waals surface area contributed by atoms with Gasteiger partial charge in [-0.3, -0.25) is 4.98 Å². The van der Waals surface area contributed by atoms with E-state index in [9.17, 15) is 4.39 Å². The summed E-state index contributed by atoms with van der Waals surface area (Å²) < 4.78 is 13.9. The summed E-state index contributed by atoms with van der Waals surface area (Å²) in [6.45, 7) is 7.00. The molecule has 108 valence electrons. The second kappa shape index (κ2) is 6.90. The molecule has 3 nitrogen and oxygen atoms in total.